The first-order valence-corrected chi connectivity index (χ1v) is 6.18. The molecule has 94 valence electrons. The first-order chi connectivity index (χ1) is 7.90. The van der Waals surface area contributed by atoms with Crippen LogP contribution in [-0.4, -0.2) is 18.5 Å². The molecule has 17 heavy (non-hydrogen) atoms. The lowest BCUT2D eigenvalue weighted by Crippen LogP contribution is -2.34. The quantitative estimate of drug-likeness (QED) is 0.898. The molecule has 1 amide bonds. The molecule has 1 aromatic rings. The van der Waals surface area contributed by atoms with Gasteiger partial charge < -0.3 is 10.6 Å². The Hall–Kier alpha value is -1.10. The fourth-order valence-electron chi connectivity index (χ4n) is 1.39. The summed E-state index contributed by atoms with van der Waals surface area (Å²) in [5.41, 5.74) is 1.51. The highest BCUT2D eigenvalue weighted by Gasteiger charge is 2.07. The van der Waals surface area contributed by atoms with Crippen LogP contribution in [0.3, 0.4) is 0 Å². The average molecular weight is 303 g/mol. The molecule has 0 saturated carbocycles. The lowest BCUT2D eigenvalue weighted by Gasteiger charge is -2.12. The van der Waals surface area contributed by atoms with Gasteiger partial charge in [0.1, 0.15) is 5.82 Å². The fraction of sp³-hybridized carbons (Fsp3) is 0.417. The smallest absolute Gasteiger partial charge is 0.239 e. The molecule has 0 unspecified atom stereocenters. The lowest BCUT2D eigenvalue weighted by molar-refractivity contribution is -0.119. The van der Waals surface area contributed by atoms with E-state index in [-0.39, 0.29) is 24.3 Å². The Morgan fingerprint density at radius 3 is 2.71 bits per heavy atom. The standard InChI is InChI=1S/C12H16BrFN2O/c1-7(2)16-12(17)6-15-11-5-10(14)9(13)4-8(11)3/h4-5,7,15H,6H2,1-3H3,(H,16,17). The minimum atomic E-state index is -0.345. The Labute approximate surface area is 109 Å². The molecule has 0 bridgehead atoms. The molecule has 5 heteroatoms. The van der Waals surface area contributed by atoms with Gasteiger partial charge in [0.25, 0.3) is 0 Å². The number of amides is 1. The van der Waals surface area contributed by atoms with Crippen molar-refractivity contribution in [3.8, 4) is 0 Å². The van der Waals surface area contributed by atoms with Crippen molar-refractivity contribution >= 4 is 27.5 Å². The number of anilines is 1. The lowest BCUT2D eigenvalue weighted by atomic mass is 10.2. The van der Waals surface area contributed by atoms with Crippen LogP contribution in [0.5, 0.6) is 0 Å². The molecule has 0 fully saturated rings. The van der Waals surface area contributed by atoms with Crippen LogP contribution in [0.2, 0.25) is 0 Å². The van der Waals surface area contributed by atoms with E-state index in [4.69, 9.17) is 0 Å². The molecule has 0 radical (unpaired) electrons. The summed E-state index contributed by atoms with van der Waals surface area (Å²) >= 11 is 3.11. The molecule has 0 spiro atoms. The van der Waals surface area contributed by atoms with Gasteiger partial charge in [0.15, 0.2) is 0 Å². The van der Waals surface area contributed by atoms with Crippen LogP contribution >= 0.6 is 15.9 Å². The van der Waals surface area contributed by atoms with Gasteiger partial charge in [-0.25, -0.2) is 4.39 Å². The highest BCUT2D eigenvalue weighted by Crippen LogP contribution is 2.23. The zero-order valence-electron chi connectivity index (χ0n) is 10.1. The van der Waals surface area contributed by atoms with Gasteiger partial charge in [-0.1, -0.05) is 0 Å². The Kier molecular flexibility index (Phi) is 4.93. The van der Waals surface area contributed by atoms with E-state index in [1.165, 1.54) is 6.07 Å². The number of rotatable bonds is 4. The van der Waals surface area contributed by atoms with Crippen molar-refractivity contribution in [2.24, 2.45) is 0 Å². The molecule has 0 atom stereocenters. The van der Waals surface area contributed by atoms with Crippen molar-refractivity contribution in [1.29, 1.82) is 0 Å². The minimum Gasteiger partial charge on any atom is -0.376 e. The van der Waals surface area contributed by atoms with Crippen LogP contribution in [0.25, 0.3) is 0 Å². The van der Waals surface area contributed by atoms with Crippen LogP contribution in [0.1, 0.15) is 19.4 Å². The summed E-state index contributed by atoms with van der Waals surface area (Å²) in [6.45, 7) is 5.78. The molecule has 0 heterocycles. The van der Waals surface area contributed by atoms with Crippen LogP contribution in [0, 0.1) is 12.7 Å². The van der Waals surface area contributed by atoms with Gasteiger partial charge >= 0.3 is 0 Å². The number of hydrogen-bond donors (Lipinski definition) is 2. The van der Waals surface area contributed by atoms with Crippen LogP contribution in [0.4, 0.5) is 10.1 Å². The number of hydrogen-bond acceptors (Lipinski definition) is 2. The monoisotopic (exact) mass is 302 g/mol. The van der Waals surface area contributed by atoms with E-state index in [1.807, 2.05) is 20.8 Å². The Balaban J connectivity index is 2.63. The van der Waals surface area contributed by atoms with Gasteiger partial charge in [0, 0.05) is 11.7 Å². The zero-order valence-corrected chi connectivity index (χ0v) is 11.7. The van der Waals surface area contributed by atoms with Gasteiger partial charge in [0.05, 0.1) is 11.0 Å². The summed E-state index contributed by atoms with van der Waals surface area (Å²) in [6, 6.07) is 3.16. The number of halogens is 2. The summed E-state index contributed by atoms with van der Waals surface area (Å²) < 4.78 is 13.7. The highest BCUT2D eigenvalue weighted by atomic mass is 79.9. The van der Waals surface area contributed by atoms with Gasteiger partial charge in [-0.05, 0) is 54.4 Å². The SMILES string of the molecule is Cc1cc(Br)c(F)cc1NCC(=O)NC(C)C. The summed E-state index contributed by atoms with van der Waals surface area (Å²) in [5, 5.41) is 5.67. The fourth-order valence-corrected chi connectivity index (χ4v) is 1.84. The van der Waals surface area contributed by atoms with E-state index in [2.05, 4.69) is 26.6 Å². The second-order valence-electron chi connectivity index (χ2n) is 4.16. The molecule has 0 aliphatic carbocycles. The van der Waals surface area contributed by atoms with E-state index in [0.29, 0.717) is 10.2 Å². The molecule has 0 saturated heterocycles. The third-order valence-electron chi connectivity index (χ3n) is 2.16. The maximum absolute atomic E-state index is 13.3. The predicted molar refractivity (Wildman–Crippen MR) is 70.6 cm³/mol. The molecular formula is C12H16BrFN2O. The molecule has 2 N–H and O–H groups in total. The Morgan fingerprint density at radius 2 is 2.12 bits per heavy atom. The van der Waals surface area contributed by atoms with Crippen molar-refractivity contribution in [2.45, 2.75) is 26.8 Å². The third kappa shape index (κ3) is 4.34. The zero-order chi connectivity index (χ0) is 13.0. The molecule has 1 aromatic carbocycles. The first-order valence-electron chi connectivity index (χ1n) is 5.39. The number of carbonyl (C=O) groups excluding carboxylic acids is 1. The highest BCUT2D eigenvalue weighted by molar-refractivity contribution is 9.10. The summed E-state index contributed by atoms with van der Waals surface area (Å²) in [5.74, 6) is -0.454. The second-order valence-corrected chi connectivity index (χ2v) is 5.01. The third-order valence-corrected chi connectivity index (χ3v) is 2.76. The Bertz CT molecular complexity index is 421. The maximum atomic E-state index is 13.3. The summed E-state index contributed by atoms with van der Waals surface area (Å²) in [6.07, 6.45) is 0. The van der Waals surface area contributed by atoms with Crippen molar-refractivity contribution in [3.63, 3.8) is 0 Å². The molecule has 0 aromatic heterocycles. The van der Waals surface area contributed by atoms with Crippen molar-refractivity contribution < 1.29 is 9.18 Å². The van der Waals surface area contributed by atoms with Gasteiger partial charge in [-0.3, -0.25) is 4.79 Å². The van der Waals surface area contributed by atoms with Crippen molar-refractivity contribution in [1.82, 2.24) is 5.32 Å². The number of benzene rings is 1. The van der Waals surface area contributed by atoms with E-state index >= 15 is 0 Å². The number of carbonyl (C=O) groups is 1. The maximum Gasteiger partial charge on any atom is 0.239 e. The van der Waals surface area contributed by atoms with Gasteiger partial charge in [-0.15, -0.1) is 0 Å². The van der Waals surface area contributed by atoms with Crippen molar-refractivity contribution in [3.05, 3.63) is 28.0 Å². The average Bonchev–Trinajstić information content (AvgIpc) is 2.20. The number of aryl methyl sites for hydroxylation is 1. The molecule has 0 aliphatic rings. The normalized spacial score (nSPS) is 10.5. The van der Waals surface area contributed by atoms with Crippen LogP contribution in [0.15, 0.2) is 16.6 Å². The predicted octanol–water partition coefficient (Wildman–Crippen LogP) is 2.83. The molecule has 0 aliphatic heterocycles. The topological polar surface area (TPSA) is 41.1 Å². The van der Waals surface area contributed by atoms with Gasteiger partial charge in [-0.2, -0.15) is 0 Å². The molecule has 1 rings (SSSR count). The summed E-state index contributed by atoms with van der Waals surface area (Å²) in [7, 11) is 0. The minimum absolute atomic E-state index is 0.104. The van der Waals surface area contributed by atoms with E-state index in [0.717, 1.165) is 5.56 Å². The molecular weight excluding hydrogens is 287 g/mol. The molecule has 3 nitrogen and oxygen atoms in total. The number of nitrogens with one attached hydrogen (secondary N) is 2. The van der Waals surface area contributed by atoms with E-state index < -0.39 is 0 Å². The summed E-state index contributed by atoms with van der Waals surface area (Å²) in [4.78, 5) is 11.4. The van der Waals surface area contributed by atoms with Crippen LogP contribution in [-0.2, 0) is 4.79 Å². The van der Waals surface area contributed by atoms with E-state index in [9.17, 15) is 9.18 Å². The largest absolute Gasteiger partial charge is 0.376 e. The van der Waals surface area contributed by atoms with Crippen LogP contribution < -0.4 is 10.6 Å². The van der Waals surface area contributed by atoms with E-state index in [1.54, 1.807) is 6.07 Å². The van der Waals surface area contributed by atoms with Gasteiger partial charge in [0.2, 0.25) is 5.91 Å². The first kappa shape index (κ1) is 14.0. The Morgan fingerprint density at radius 1 is 1.47 bits per heavy atom. The second kappa shape index (κ2) is 6.00. The van der Waals surface area contributed by atoms with Crippen molar-refractivity contribution in [2.75, 3.05) is 11.9 Å².